The van der Waals surface area contributed by atoms with E-state index in [0.29, 0.717) is 11.4 Å². The highest BCUT2D eigenvalue weighted by atomic mass is 16.6. The van der Waals surface area contributed by atoms with E-state index in [1.807, 2.05) is 0 Å². The molecule has 0 fully saturated rings. The third-order valence-corrected chi connectivity index (χ3v) is 2.76. The van der Waals surface area contributed by atoms with E-state index in [1.165, 1.54) is 30.3 Å². The molecule has 7 nitrogen and oxygen atoms in total. The van der Waals surface area contributed by atoms with Crippen molar-refractivity contribution in [1.82, 2.24) is 4.98 Å². The number of pyridine rings is 1. The summed E-state index contributed by atoms with van der Waals surface area (Å²) in [5.74, 6) is -0.870. The van der Waals surface area contributed by atoms with Crippen molar-refractivity contribution < 1.29 is 19.6 Å². The number of nitro groups is 1. The van der Waals surface area contributed by atoms with Crippen LogP contribution in [0.5, 0.6) is 11.5 Å². The number of carboxylic acid groups (broad SMARTS) is 1. The molecule has 0 unspecified atom stereocenters. The van der Waals surface area contributed by atoms with Crippen molar-refractivity contribution in [1.29, 1.82) is 0 Å². The van der Waals surface area contributed by atoms with Gasteiger partial charge in [-0.3, -0.25) is 15.1 Å². The first-order valence-electron chi connectivity index (χ1n) is 6.02. The van der Waals surface area contributed by atoms with Gasteiger partial charge in [0.25, 0.3) is 5.69 Å². The van der Waals surface area contributed by atoms with Gasteiger partial charge >= 0.3 is 5.97 Å². The van der Waals surface area contributed by atoms with Gasteiger partial charge in [0.2, 0.25) is 0 Å². The van der Waals surface area contributed by atoms with E-state index in [-0.39, 0.29) is 22.7 Å². The highest BCUT2D eigenvalue weighted by Gasteiger charge is 2.18. The second-order valence-corrected chi connectivity index (χ2v) is 4.38. The average Bonchev–Trinajstić information content (AvgIpc) is 2.37. The number of hydrogen-bond donors (Lipinski definition) is 1. The smallest absolute Gasteiger partial charge is 0.341 e. The molecule has 0 atom stereocenters. The maximum absolute atomic E-state index is 11.3. The summed E-state index contributed by atoms with van der Waals surface area (Å²) in [5, 5.41) is 20.0. The molecule has 0 saturated carbocycles. The van der Waals surface area contributed by atoms with Crippen LogP contribution in [0.1, 0.15) is 21.7 Å². The molecule has 0 amide bonds. The van der Waals surface area contributed by atoms with E-state index < -0.39 is 10.9 Å². The topological polar surface area (TPSA) is 103 Å². The normalized spacial score (nSPS) is 10.2. The molecular formula is C14H12N2O5. The number of aromatic nitrogens is 1. The Morgan fingerprint density at radius 3 is 2.67 bits per heavy atom. The van der Waals surface area contributed by atoms with Crippen molar-refractivity contribution in [2.45, 2.75) is 13.8 Å². The third kappa shape index (κ3) is 3.14. The van der Waals surface area contributed by atoms with E-state index in [9.17, 15) is 20.0 Å². The van der Waals surface area contributed by atoms with Crippen molar-refractivity contribution in [3.63, 3.8) is 0 Å². The lowest BCUT2D eigenvalue weighted by Gasteiger charge is -2.11. The molecule has 1 aromatic heterocycles. The fraction of sp³-hybridized carbons (Fsp3) is 0.143. The third-order valence-electron chi connectivity index (χ3n) is 2.76. The number of rotatable bonds is 4. The predicted octanol–water partition coefficient (Wildman–Crippen LogP) is 3.10. The summed E-state index contributed by atoms with van der Waals surface area (Å²) in [6.45, 7) is 3.27. The molecule has 2 rings (SSSR count). The minimum atomic E-state index is -1.17. The van der Waals surface area contributed by atoms with Gasteiger partial charge in [-0.15, -0.1) is 0 Å². The largest absolute Gasteiger partial charge is 0.477 e. The number of ether oxygens (including phenoxy) is 1. The van der Waals surface area contributed by atoms with Gasteiger partial charge in [-0.1, -0.05) is 6.07 Å². The Morgan fingerprint density at radius 2 is 2.05 bits per heavy atom. The van der Waals surface area contributed by atoms with Gasteiger partial charge in [-0.2, -0.15) is 0 Å². The van der Waals surface area contributed by atoms with Gasteiger partial charge in [0.15, 0.2) is 0 Å². The molecule has 108 valence electrons. The van der Waals surface area contributed by atoms with Crippen LogP contribution in [0.15, 0.2) is 30.3 Å². The van der Waals surface area contributed by atoms with E-state index in [2.05, 4.69) is 4.98 Å². The van der Waals surface area contributed by atoms with Crippen molar-refractivity contribution >= 4 is 11.7 Å². The molecule has 7 heteroatoms. The number of aryl methyl sites for hydroxylation is 2. The van der Waals surface area contributed by atoms with Crippen molar-refractivity contribution in [2.24, 2.45) is 0 Å². The summed E-state index contributed by atoms with van der Waals surface area (Å²) in [5.41, 5.74) is 0.722. The zero-order valence-corrected chi connectivity index (χ0v) is 11.4. The molecule has 0 radical (unpaired) electrons. The molecule has 1 heterocycles. The number of nitrogens with zero attached hydrogens (tertiary/aromatic N) is 2. The van der Waals surface area contributed by atoms with Gasteiger partial charge in [-0.25, -0.2) is 4.79 Å². The van der Waals surface area contributed by atoms with E-state index >= 15 is 0 Å². The van der Waals surface area contributed by atoms with Crippen molar-refractivity contribution in [3.8, 4) is 11.5 Å². The summed E-state index contributed by atoms with van der Waals surface area (Å²) in [4.78, 5) is 25.6. The highest BCUT2D eigenvalue weighted by Crippen LogP contribution is 2.29. The summed E-state index contributed by atoms with van der Waals surface area (Å²) < 4.78 is 5.50. The lowest BCUT2D eigenvalue weighted by Crippen LogP contribution is -2.06. The number of carboxylic acids is 1. The monoisotopic (exact) mass is 288 g/mol. The average molecular weight is 288 g/mol. The number of aromatic carboxylic acids is 1. The molecule has 0 aliphatic carbocycles. The standard InChI is InChI=1S/C14H12N2O5/c1-8-6-12(13(14(17)18)9(2)15-8)21-11-5-3-4-10(7-11)16(19)20/h3-7H,1-2H3,(H,17,18). The fourth-order valence-corrected chi connectivity index (χ4v) is 1.92. The summed E-state index contributed by atoms with van der Waals surface area (Å²) in [6, 6.07) is 7.03. The molecule has 0 aliphatic rings. The summed E-state index contributed by atoms with van der Waals surface area (Å²) in [6.07, 6.45) is 0. The zero-order chi connectivity index (χ0) is 15.6. The number of nitro benzene ring substituents is 1. The zero-order valence-electron chi connectivity index (χ0n) is 11.4. The van der Waals surface area contributed by atoms with E-state index in [0.717, 1.165) is 0 Å². The van der Waals surface area contributed by atoms with Crippen LogP contribution in [0, 0.1) is 24.0 Å². The Kier molecular flexibility index (Phi) is 3.84. The molecule has 0 spiro atoms. The predicted molar refractivity (Wildman–Crippen MR) is 73.8 cm³/mol. The van der Waals surface area contributed by atoms with Crippen LogP contribution in [0.25, 0.3) is 0 Å². The van der Waals surface area contributed by atoms with Crippen LogP contribution in [-0.4, -0.2) is 21.0 Å². The van der Waals surface area contributed by atoms with Crippen LogP contribution < -0.4 is 4.74 Å². The van der Waals surface area contributed by atoms with Crippen LogP contribution in [0.2, 0.25) is 0 Å². The first-order chi connectivity index (χ1) is 9.88. The summed E-state index contributed by atoms with van der Waals surface area (Å²) in [7, 11) is 0. The molecule has 0 aliphatic heterocycles. The Hall–Kier alpha value is -2.96. The molecule has 1 aromatic carbocycles. The van der Waals surface area contributed by atoms with Crippen molar-refractivity contribution in [2.75, 3.05) is 0 Å². The maximum atomic E-state index is 11.3. The molecule has 21 heavy (non-hydrogen) atoms. The minimum Gasteiger partial charge on any atom is -0.477 e. The maximum Gasteiger partial charge on any atom is 0.341 e. The number of benzene rings is 1. The van der Waals surface area contributed by atoms with Gasteiger partial charge in [0.1, 0.15) is 17.1 Å². The molecule has 0 saturated heterocycles. The first kappa shape index (κ1) is 14.4. The lowest BCUT2D eigenvalue weighted by atomic mass is 10.1. The van der Waals surface area contributed by atoms with Gasteiger partial charge < -0.3 is 9.84 Å². The fourth-order valence-electron chi connectivity index (χ4n) is 1.92. The van der Waals surface area contributed by atoms with Crippen molar-refractivity contribution in [3.05, 3.63) is 57.4 Å². The number of hydrogen-bond acceptors (Lipinski definition) is 5. The summed E-state index contributed by atoms with van der Waals surface area (Å²) >= 11 is 0. The van der Waals surface area contributed by atoms with E-state index in [1.54, 1.807) is 13.8 Å². The second kappa shape index (κ2) is 5.58. The highest BCUT2D eigenvalue weighted by molar-refractivity contribution is 5.92. The van der Waals surface area contributed by atoms with Crippen LogP contribution in [0.3, 0.4) is 0 Å². The van der Waals surface area contributed by atoms with Gasteiger partial charge in [-0.05, 0) is 19.9 Å². The number of non-ortho nitro benzene ring substituents is 1. The quantitative estimate of drug-likeness (QED) is 0.685. The molecule has 0 bridgehead atoms. The molecular weight excluding hydrogens is 276 g/mol. The second-order valence-electron chi connectivity index (χ2n) is 4.38. The van der Waals surface area contributed by atoms with Crippen LogP contribution in [-0.2, 0) is 0 Å². The minimum absolute atomic E-state index is 0.0629. The van der Waals surface area contributed by atoms with Crippen LogP contribution >= 0.6 is 0 Å². The van der Waals surface area contributed by atoms with E-state index in [4.69, 9.17) is 4.74 Å². The Balaban J connectivity index is 2.46. The number of carbonyl (C=O) groups is 1. The molecule has 2 aromatic rings. The lowest BCUT2D eigenvalue weighted by molar-refractivity contribution is -0.384. The SMILES string of the molecule is Cc1cc(Oc2cccc([N+](=O)[O-])c2)c(C(=O)O)c(C)n1. The van der Waals surface area contributed by atoms with Gasteiger partial charge in [0, 0.05) is 17.8 Å². The Morgan fingerprint density at radius 1 is 1.33 bits per heavy atom. The first-order valence-corrected chi connectivity index (χ1v) is 6.02. The Bertz CT molecular complexity index is 727. The Labute approximate surface area is 120 Å². The van der Waals surface area contributed by atoms with Gasteiger partial charge in [0.05, 0.1) is 16.7 Å². The molecule has 1 N–H and O–H groups in total. The van der Waals surface area contributed by atoms with Crippen LogP contribution in [0.4, 0.5) is 5.69 Å².